The Morgan fingerprint density at radius 3 is 2.83 bits per heavy atom. The van der Waals surface area contributed by atoms with Gasteiger partial charge in [-0.25, -0.2) is 18.4 Å². The molecular formula is C19H23N5O3S2. The SMILES string of the molecule is CCCN(C(=O)CSc1nc2ccccc2c2nc(C)nn12)[C@H]1CCS(=O)(=O)C1. The maximum absolute atomic E-state index is 12.9. The highest BCUT2D eigenvalue weighted by Crippen LogP contribution is 2.25. The van der Waals surface area contributed by atoms with E-state index in [0.29, 0.717) is 23.9 Å². The summed E-state index contributed by atoms with van der Waals surface area (Å²) < 4.78 is 25.4. The summed E-state index contributed by atoms with van der Waals surface area (Å²) >= 11 is 1.31. The number of aryl methyl sites for hydroxylation is 1. The van der Waals surface area contributed by atoms with Crippen LogP contribution in [0.2, 0.25) is 0 Å². The summed E-state index contributed by atoms with van der Waals surface area (Å²) in [4.78, 5) is 23.9. The van der Waals surface area contributed by atoms with Crippen molar-refractivity contribution in [1.29, 1.82) is 0 Å². The number of hydrogen-bond acceptors (Lipinski definition) is 7. The molecule has 0 aliphatic carbocycles. The van der Waals surface area contributed by atoms with E-state index in [4.69, 9.17) is 0 Å². The van der Waals surface area contributed by atoms with Gasteiger partial charge in [0.1, 0.15) is 5.82 Å². The lowest BCUT2D eigenvalue weighted by Gasteiger charge is -2.27. The van der Waals surface area contributed by atoms with Gasteiger partial charge in [0.15, 0.2) is 20.6 Å². The van der Waals surface area contributed by atoms with E-state index < -0.39 is 9.84 Å². The fourth-order valence-corrected chi connectivity index (χ4v) is 6.27. The predicted octanol–water partition coefficient (Wildman–Crippen LogP) is 2.10. The number of sulfone groups is 1. The van der Waals surface area contributed by atoms with Crippen molar-refractivity contribution in [3.05, 3.63) is 30.1 Å². The Labute approximate surface area is 173 Å². The van der Waals surface area contributed by atoms with E-state index >= 15 is 0 Å². The molecule has 1 amide bonds. The van der Waals surface area contributed by atoms with Crippen molar-refractivity contribution in [2.45, 2.75) is 37.9 Å². The average Bonchev–Trinajstić information content (AvgIpc) is 3.25. The second-order valence-corrected chi connectivity index (χ2v) is 10.4. The zero-order valence-electron chi connectivity index (χ0n) is 16.4. The fraction of sp³-hybridized carbons (Fsp3) is 0.474. The van der Waals surface area contributed by atoms with Gasteiger partial charge in [-0.3, -0.25) is 4.79 Å². The number of amides is 1. The van der Waals surface area contributed by atoms with Gasteiger partial charge in [-0.1, -0.05) is 30.8 Å². The second kappa shape index (κ2) is 7.91. The summed E-state index contributed by atoms with van der Waals surface area (Å²) in [6.45, 7) is 4.37. The van der Waals surface area contributed by atoms with Gasteiger partial charge in [0.2, 0.25) is 5.91 Å². The Balaban J connectivity index is 1.58. The molecule has 1 aliphatic rings. The van der Waals surface area contributed by atoms with Crippen LogP contribution < -0.4 is 0 Å². The number of hydrogen-bond donors (Lipinski definition) is 0. The van der Waals surface area contributed by atoms with Gasteiger partial charge in [0.25, 0.3) is 0 Å². The standard InChI is InChI=1S/C19H23N5O3S2/c1-3-9-23(14-8-10-29(26,27)12-14)17(25)11-28-19-21-16-7-5-4-6-15(16)18-20-13(2)22-24(18)19/h4-7,14H,3,8-12H2,1-2H3/t14-/m0/s1. The molecule has 1 atom stereocenters. The third kappa shape index (κ3) is 4.09. The van der Waals surface area contributed by atoms with Crippen molar-refractivity contribution in [2.75, 3.05) is 23.8 Å². The molecule has 0 bridgehead atoms. The first kappa shape index (κ1) is 20.1. The minimum Gasteiger partial charge on any atom is -0.338 e. The van der Waals surface area contributed by atoms with E-state index in [9.17, 15) is 13.2 Å². The van der Waals surface area contributed by atoms with Crippen LogP contribution in [0.1, 0.15) is 25.6 Å². The van der Waals surface area contributed by atoms with Crippen molar-refractivity contribution >= 4 is 44.1 Å². The first-order valence-corrected chi connectivity index (χ1v) is 12.4. The van der Waals surface area contributed by atoms with E-state index in [-0.39, 0.29) is 29.2 Å². The summed E-state index contributed by atoms with van der Waals surface area (Å²) in [6, 6.07) is 7.49. The molecule has 0 N–H and O–H groups in total. The molecule has 1 aromatic carbocycles. The Kier molecular flexibility index (Phi) is 5.48. The molecule has 1 saturated heterocycles. The largest absolute Gasteiger partial charge is 0.338 e. The van der Waals surface area contributed by atoms with Crippen molar-refractivity contribution in [3.63, 3.8) is 0 Å². The van der Waals surface area contributed by atoms with Crippen LogP contribution in [-0.4, -0.2) is 68.7 Å². The summed E-state index contributed by atoms with van der Waals surface area (Å²) in [7, 11) is -3.05. The fourth-order valence-electron chi connectivity index (χ4n) is 3.71. The van der Waals surface area contributed by atoms with E-state index in [2.05, 4.69) is 15.1 Å². The molecule has 8 nitrogen and oxygen atoms in total. The Morgan fingerprint density at radius 2 is 2.10 bits per heavy atom. The van der Waals surface area contributed by atoms with Gasteiger partial charge < -0.3 is 4.90 Å². The zero-order valence-corrected chi connectivity index (χ0v) is 18.0. The molecule has 3 aromatic rings. The molecule has 4 rings (SSSR count). The number of para-hydroxylation sites is 1. The molecule has 0 unspecified atom stereocenters. The number of rotatable bonds is 6. The van der Waals surface area contributed by atoms with Gasteiger partial charge in [-0.15, -0.1) is 5.10 Å². The summed E-state index contributed by atoms with van der Waals surface area (Å²) in [6.07, 6.45) is 1.30. The highest BCUT2D eigenvalue weighted by Gasteiger charge is 2.34. The van der Waals surface area contributed by atoms with Crippen molar-refractivity contribution in [2.24, 2.45) is 0 Å². The molecule has 10 heteroatoms. The third-order valence-corrected chi connectivity index (χ3v) is 7.68. The van der Waals surface area contributed by atoms with Crippen molar-refractivity contribution in [1.82, 2.24) is 24.5 Å². The van der Waals surface area contributed by atoms with Gasteiger partial charge in [0.05, 0.1) is 22.8 Å². The normalized spacial score (nSPS) is 18.5. The van der Waals surface area contributed by atoms with Crippen molar-refractivity contribution in [3.8, 4) is 0 Å². The lowest BCUT2D eigenvalue weighted by molar-refractivity contribution is -0.130. The summed E-state index contributed by atoms with van der Waals surface area (Å²) in [5, 5.41) is 5.95. The van der Waals surface area contributed by atoms with Crippen molar-refractivity contribution < 1.29 is 13.2 Å². The van der Waals surface area contributed by atoms with Crippen LogP contribution in [0.15, 0.2) is 29.4 Å². The Hall–Kier alpha value is -2.20. The maximum atomic E-state index is 12.9. The minimum absolute atomic E-state index is 0.0597. The van der Waals surface area contributed by atoms with Crippen LogP contribution in [0.5, 0.6) is 0 Å². The topological polar surface area (TPSA) is 97.5 Å². The Morgan fingerprint density at radius 1 is 1.31 bits per heavy atom. The predicted molar refractivity (Wildman–Crippen MR) is 113 cm³/mol. The molecular weight excluding hydrogens is 410 g/mol. The average molecular weight is 434 g/mol. The Bertz CT molecular complexity index is 1180. The first-order valence-electron chi connectivity index (χ1n) is 9.63. The molecule has 0 saturated carbocycles. The monoisotopic (exact) mass is 433 g/mol. The van der Waals surface area contributed by atoms with E-state index in [1.165, 1.54) is 11.8 Å². The lowest BCUT2D eigenvalue weighted by atomic mass is 10.2. The number of carbonyl (C=O) groups is 1. The molecule has 1 aliphatic heterocycles. The lowest BCUT2D eigenvalue weighted by Crippen LogP contribution is -2.42. The zero-order chi connectivity index (χ0) is 20.6. The maximum Gasteiger partial charge on any atom is 0.233 e. The number of benzene rings is 1. The molecule has 29 heavy (non-hydrogen) atoms. The smallest absolute Gasteiger partial charge is 0.233 e. The molecule has 2 aromatic heterocycles. The van der Waals surface area contributed by atoms with Gasteiger partial charge in [-0.05, 0) is 31.9 Å². The molecule has 3 heterocycles. The number of aromatic nitrogens is 4. The number of carbonyl (C=O) groups excluding carboxylic acids is 1. The van der Waals surface area contributed by atoms with Crippen LogP contribution in [0.25, 0.3) is 16.6 Å². The van der Waals surface area contributed by atoms with E-state index in [0.717, 1.165) is 23.0 Å². The highest BCUT2D eigenvalue weighted by molar-refractivity contribution is 7.99. The molecule has 0 radical (unpaired) electrons. The first-order chi connectivity index (χ1) is 13.9. The van der Waals surface area contributed by atoms with Crippen LogP contribution in [0.4, 0.5) is 0 Å². The molecule has 1 fully saturated rings. The number of thioether (sulfide) groups is 1. The van der Waals surface area contributed by atoms with Crippen LogP contribution in [0, 0.1) is 6.92 Å². The highest BCUT2D eigenvalue weighted by atomic mass is 32.2. The van der Waals surface area contributed by atoms with Crippen LogP contribution in [-0.2, 0) is 14.6 Å². The van der Waals surface area contributed by atoms with Gasteiger partial charge >= 0.3 is 0 Å². The van der Waals surface area contributed by atoms with Crippen LogP contribution in [0.3, 0.4) is 0 Å². The molecule has 154 valence electrons. The summed E-state index contributed by atoms with van der Waals surface area (Å²) in [5.41, 5.74) is 1.52. The van der Waals surface area contributed by atoms with E-state index in [1.54, 1.807) is 9.42 Å². The number of nitrogens with zero attached hydrogens (tertiary/aromatic N) is 5. The minimum atomic E-state index is -3.05. The summed E-state index contributed by atoms with van der Waals surface area (Å²) in [5.74, 6) is 0.961. The quantitative estimate of drug-likeness (QED) is 0.434. The molecule has 0 spiro atoms. The second-order valence-electron chi connectivity index (χ2n) is 7.24. The van der Waals surface area contributed by atoms with E-state index in [1.807, 2.05) is 38.1 Å². The number of fused-ring (bicyclic) bond motifs is 3. The van der Waals surface area contributed by atoms with Crippen LogP contribution >= 0.6 is 11.8 Å². The van der Waals surface area contributed by atoms with Gasteiger partial charge in [0, 0.05) is 18.0 Å². The third-order valence-electron chi connectivity index (χ3n) is 5.01. The van der Waals surface area contributed by atoms with Gasteiger partial charge in [-0.2, -0.15) is 4.52 Å².